The summed E-state index contributed by atoms with van der Waals surface area (Å²) in [7, 11) is 0. The number of benzene rings is 3. The summed E-state index contributed by atoms with van der Waals surface area (Å²) in [6, 6.07) is 30.6. The van der Waals surface area contributed by atoms with Crippen LogP contribution in [0.25, 0.3) is 0 Å². The van der Waals surface area contributed by atoms with Gasteiger partial charge in [0.2, 0.25) is 0 Å². The molecule has 0 spiro atoms. The minimum atomic E-state index is -0.539. The fraction of sp³-hybridized carbons (Fsp3) is 0.419. The van der Waals surface area contributed by atoms with Gasteiger partial charge in [-0.25, -0.2) is 0 Å². The van der Waals surface area contributed by atoms with Crippen LogP contribution in [0.2, 0.25) is 0 Å². The minimum absolute atomic E-state index is 0.305. The van der Waals surface area contributed by atoms with Crippen molar-refractivity contribution in [3.63, 3.8) is 0 Å². The molecular weight excluding hydrogens is 450 g/mol. The monoisotopic (exact) mass is 489 g/mol. The minimum Gasteiger partial charge on any atom is -0.366 e. The molecule has 5 nitrogen and oxygen atoms in total. The summed E-state index contributed by atoms with van der Waals surface area (Å²) in [4.78, 5) is 0. The fourth-order valence-electron chi connectivity index (χ4n) is 4.36. The van der Waals surface area contributed by atoms with E-state index in [2.05, 4.69) is 48.6 Å². The Bertz CT molecular complexity index is 970. The zero-order chi connectivity index (χ0) is 24.8. The fourth-order valence-corrected chi connectivity index (χ4v) is 4.36. The predicted octanol–water partition coefficient (Wildman–Crippen LogP) is 6.23. The average molecular weight is 490 g/mol. The number of rotatable bonds is 15. The van der Waals surface area contributed by atoms with Crippen LogP contribution in [0.5, 0.6) is 0 Å². The molecule has 0 aliphatic carbocycles. The first-order valence-corrected chi connectivity index (χ1v) is 13.2. The van der Waals surface area contributed by atoms with Crippen LogP contribution in [0.1, 0.15) is 49.3 Å². The predicted molar refractivity (Wildman–Crippen MR) is 142 cm³/mol. The van der Waals surface area contributed by atoms with Crippen LogP contribution in [0, 0.1) is 0 Å². The lowest BCUT2D eigenvalue weighted by Gasteiger charge is -2.25. The molecule has 1 N–H and O–H groups in total. The number of ether oxygens (including phenoxy) is 4. The number of nitrogens with one attached hydrogen (secondary N) is 1. The van der Waals surface area contributed by atoms with Crippen LogP contribution < -0.4 is 5.32 Å². The lowest BCUT2D eigenvalue weighted by molar-refractivity contribution is -0.189. The van der Waals surface area contributed by atoms with Gasteiger partial charge in [0.15, 0.2) is 6.29 Å². The summed E-state index contributed by atoms with van der Waals surface area (Å²) in [5.74, 6) is 0. The van der Waals surface area contributed by atoms with E-state index in [-0.39, 0.29) is 18.4 Å². The van der Waals surface area contributed by atoms with Gasteiger partial charge in [-0.05, 0) is 29.7 Å². The molecule has 3 aromatic rings. The van der Waals surface area contributed by atoms with Crippen LogP contribution in [0.4, 0.5) is 0 Å². The zero-order valence-corrected chi connectivity index (χ0v) is 21.3. The van der Waals surface area contributed by atoms with Crippen molar-refractivity contribution in [1.29, 1.82) is 0 Å². The Morgan fingerprint density at radius 3 is 1.64 bits per heavy atom. The van der Waals surface area contributed by atoms with Crippen molar-refractivity contribution in [2.75, 3.05) is 6.54 Å². The Morgan fingerprint density at radius 1 is 0.611 bits per heavy atom. The van der Waals surface area contributed by atoms with Gasteiger partial charge in [0.05, 0.1) is 19.8 Å². The maximum absolute atomic E-state index is 6.47. The van der Waals surface area contributed by atoms with Crippen molar-refractivity contribution in [2.24, 2.45) is 0 Å². The molecule has 36 heavy (non-hydrogen) atoms. The summed E-state index contributed by atoms with van der Waals surface area (Å²) < 4.78 is 25.6. The van der Waals surface area contributed by atoms with Gasteiger partial charge in [-0.2, -0.15) is 0 Å². The molecule has 1 heterocycles. The van der Waals surface area contributed by atoms with Gasteiger partial charge in [0.25, 0.3) is 0 Å². The van der Waals surface area contributed by atoms with E-state index in [0.717, 1.165) is 29.7 Å². The number of unbranched alkanes of at least 4 members (excludes halogenated alkanes) is 3. The highest BCUT2D eigenvalue weighted by Gasteiger charge is 2.47. The third kappa shape index (κ3) is 8.26. The quantitative estimate of drug-likeness (QED) is 0.257. The molecule has 1 aliphatic rings. The lowest BCUT2D eigenvalue weighted by atomic mass is 10.1. The molecule has 1 aliphatic heterocycles. The Labute approximate surface area is 215 Å². The van der Waals surface area contributed by atoms with E-state index in [1.807, 2.05) is 54.6 Å². The second-order valence-corrected chi connectivity index (χ2v) is 9.26. The van der Waals surface area contributed by atoms with E-state index in [0.29, 0.717) is 19.8 Å². The maximum Gasteiger partial charge on any atom is 0.188 e. The first kappa shape index (κ1) is 26.5. The van der Waals surface area contributed by atoms with Crippen molar-refractivity contribution < 1.29 is 18.9 Å². The molecule has 3 aromatic carbocycles. The number of hydrogen-bond donors (Lipinski definition) is 1. The van der Waals surface area contributed by atoms with E-state index in [9.17, 15) is 0 Å². The Hall–Kier alpha value is -2.54. The molecule has 4 atom stereocenters. The molecule has 1 unspecified atom stereocenters. The number of hydrogen-bond acceptors (Lipinski definition) is 5. The molecule has 192 valence electrons. The first-order valence-electron chi connectivity index (χ1n) is 13.2. The molecule has 0 saturated carbocycles. The summed E-state index contributed by atoms with van der Waals surface area (Å²) in [6.07, 6.45) is 3.24. The van der Waals surface area contributed by atoms with Gasteiger partial charge in [0.1, 0.15) is 18.4 Å². The summed E-state index contributed by atoms with van der Waals surface area (Å²) >= 11 is 0. The lowest BCUT2D eigenvalue weighted by Crippen LogP contribution is -2.44. The smallest absolute Gasteiger partial charge is 0.188 e. The average Bonchev–Trinajstić information content (AvgIpc) is 3.27. The third-order valence-corrected chi connectivity index (χ3v) is 6.37. The first-order chi connectivity index (χ1) is 17.8. The molecule has 4 rings (SSSR count). The van der Waals surface area contributed by atoms with E-state index in [1.54, 1.807) is 0 Å². The van der Waals surface area contributed by atoms with Crippen molar-refractivity contribution in [3.05, 3.63) is 108 Å². The maximum atomic E-state index is 6.47. The van der Waals surface area contributed by atoms with Crippen LogP contribution >= 0.6 is 0 Å². The third-order valence-electron chi connectivity index (χ3n) is 6.37. The van der Waals surface area contributed by atoms with E-state index < -0.39 is 6.29 Å². The van der Waals surface area contributed by atoms with Crippen LogP contribution in [0.15, 0.2) is 91.0 Å². The van der Waals surface area contributed by atoms with Crippen molar-refractivity contribution in [3.8, 4) is 0 Å². The van der Waals surface area contributed by atoms with Gasteiger partial charge >= 0.3 is 0 Å². The molecule has 0 bridgehead atoms. The van der Waals surface area contributed by atoms with Gasteiger partial charge in [-0.1, -0.05) is 117 Å². The van der Waals surface area contributed by atoms with Crippen LogP contribution in [0.3, 0.4) is 0 Å². The molecule has 0 radical (unpaired) electrons. The summed E-state index contributed by atoms with van der Waals surface area (Å²) in [5, 5.41) is 3.58. The second kappa shape index (κ2) is 14.9. The zero-order valence-electron chi connectivity index (χ0n) is 21.3. The van der Waals surface area contributed by atoms with Gasteiger partial charge in [-0.3, -0.25) is 5.32 Å². The second-order valence-electron chi connectivity index (χ2n) is 9.26. The van der Waals surface area contributed by atoms with E-state index in [1.165, 1.54) is 19.3 Å². The van der Waals surface area contributed by atoms with Crippen molar-refractivity contribution in [2.45, 2.75) is 77.2 Å². The van der Waals surface area contributed by atoms with Crippen LogP contribution in [-0.4, -0.2) is 31.3 Å². The normalized spacial score (nSPS) is 21.6. The van der Waals surface area contributed by atoms with Crippen molar-refractivity contribution in [1.82, 2.24) is 5.32 Å². The Balaban J connectivity index is 1.47. The van der Waals surface area contributed by atoms with Gasteiger partial charge in [-0.15, -0.1) is 0 Å². The highest BCUT2D eigenvalue weighted by atomic mass is 16.7. The molecule has 5 heteroatoms. The molecule has 0 aromatic heterocycles. The van der Waals surface area contributed by atoms with Crippen LogP contribution in [-0.2, 0) is 38.8 Å². The Morgan fingerprint density at radius 2 is 1.11 bits per heavy atom. The largest absolute Gasteiger partial charge is 0.366 e. The van der Waals surface area contributed by atoms with E-state index in [4.69, 9.17) is 18.9 Å². The summed E-state index contributed by atoms with van der Waals surface area (Å²) in [6.45, 7) is 4.50. The summed E-state index contributed by atoms with van der Waals surface area (Å²) in [5.41, 5.74) is 3.33. The standard InChI is InChI=1S/C31H39NO4/c1-2-3-4-14-21-32-30-28(33-22-25-15-8-5-9-16-25)29(34-23-26-17-10-6-11-18-26)31(36-30)35-24-27-19-12-7-13-20-27/h5-13,15-20,28-32H,2-4,14,21-24H2,1H3/t28-,29-,30?,31-/m0/s1. The highest BCUT2D eigenvalue weighted by molar-refractivity contribution is 5.15. The molecule has 1 saturated heterocycles. The van der Waals surface area contributed by atoms with Gasteiger partial charge in [0, 0.05) is 0 Å². The Kier molecular flexibility index (Phi) is 11.0. The van der Waals surface area contributed by atoms with Gasteiger partial charge < -0.3 is 18.9 Å². The highest BCUT2D eigenvalue weighted by Crippen LogP contribution is 2.29. The topological polar surface area (TPSA) is 49.0 Å². The SMILES string of the molecule is CCCCCCNC1O[C@H](OCc2ccccc2)[C@@H](OCc2ccccc2)[C@@H]1OCc1ccccc1. The van der Waals surface area contributed by atoms with E-state index >= 15 is 0 Å². The molecular formula is C31H39NO4. The molecule has 1 fully saturated rings. The van der Waals surface area contributed by atoms with Crippen molar-refractivity contribution >= 4 is 0 Å². The molecule has 0 amide bonds.